The number of carbonyl (C=O) groups is 1. The van der Waals surface area contributed by atoms with Gasteiger partial charge in [-0.2, -0.15) is 13.2 Å². The Hall–Kier alpha value is -1.52. The van der Waals surface area contributed by atoms with Crippen molar-refractivity contribution in [2.75, 3.05) is 0 Å². The number of alkyl halides is 3. The SMILES string of the molecule is C[C@H](C(=O)O[C@H]1C[C@@H]2CC[C@@]1(C)C2(C)C)c1cccc(C(F)(F)F)c1. The Morgan fingerprint density at radius 3 is 2.48 bits per heavy atom. The van der Waals surface area contributed by atoms with Crippen molar-refractivity contribution in [2.24, 2.45) is 16.7 Å². The molecule has 2 fully saturated rings. The van der Waals surface area contributed by atoms with Crippen molar-refractivity contribution < 1.29 is 22.7 Å². The van der Waals surface area contributed by atoms with E-state index in [2.05, 4.69) is 20.8 Å². The molecule has 2 saturated carbocycles. The van der Waals surface area contributed by atoms with Crippen LogP contribution in [0.15, 0.2) is 24.3 Å². The van der Waals surface area contributed by atoms with Gasteiger partial charge in [0.25, 0.3) is 0 Å². The van der Waals surface area contributed by atoms with Crippen LogP contribution in [0, 0.1) is 16.7 Å². The Balaban J connectivity index is 1.75. The molecule has 1 aromatic rings. The van der Waals surface area contributed by atoms with Crippen LogP contribution < -0.4 is 0 Å². The summed E-state index contributed by atoms with van der Waals surface area (Å²) >= 11 is 0. The van der Waals surface area contributed by atoms with E-state index in [0.29, 0.717) is 11.5 Å². The zero-order valence-corrected chi connectivity index (χ0v) is 15.1. The molecular formula is C20H25F3O2. The van der Waals surface area contributed by atoms with E-state index < -0.39 is 23.6 Å². The molecule has 0 saturated heterocycles. The summed E-state index contributed by atoms with van der Waals surface area (Å²) in [5.41, 5.74) is -0.330. The maximum atomic E-state index is 12.9. The lowest BCUT2D eigenvalue weighted by molar-refractivity contribution is -0.158. The minimum atomic E-state index is -4.41. The van der Waals surface area contributed by atoms with Crippen molar-refractivity contribution in [1.29, 1.82) is 0 Å². The Morgan fingerprint density at radius 2 is 1.96 bits per heavy atom. The quantitative estimate of drug-likeness (QED) is 0.664. The first-order chi connectivity index (χ1) is 11.5. The number of rotatable bonds is 3. The molecule has 25 heavy (non-hydrogen) atoms. The largest absolute Gasteiger partial charge is 0.461 e. The number of benzene rings is 1. The van der Waals surface area contributed by atoms with Gasteiger partial charge in [-0.05, 0) is 49.1 Å². The van der Waals surface area contributed by atoms with Crippen LogP contribution in [0.4, 0.5) is 13.2 Å². The number of halogens is 3. The van der Waals surface area contributed by atoms with Crippen molar-refractivity contribution >= 4 is 5.97 Å². The highest BCUT2D eigenvalue weighted by molar-refractivity contribution is 5.78. The molecular weight excluding hydrogens is 329 g/mol. The number of fused-ring (bicyclic) bond motifs is 2. The van der Waals surface area contributed by atoms with Crippen LogP contribution in [0.5, 0.6) is 0 Å². The third-order valence-corrected chi connectivity index (χ3v) is 7.04. The normalized spacial score (nSPS) is 31.8. The second-order valence-electron chi connectivity index (χ2n) is 8.38. The van der Waals surface area contributed by atoms with Gasteiger partial charge in [0.2, 0.25) is 0 Å². The predicted molar refractivity (Wildman–Crippen MR) is 89.0 cm³/mol. The minimum Gasteiger partial charge on any atom is -0.461 e. The Kier molecular flexibility index (Phi) is 4.20. The number of esters is 1. The van der Waals surface area contributed by atoms with Crippen molar-refractivity contribution in [3.05, 3.63) is 35.4 Å². The zero-order valence-electron chi connectivity index (χ0n) is 15.1. The fraction of sp³-hybridized carbons (Fsp3) is 0.650. The fourth-order valence-electron chi connectivity index (χ4n) is 4.67. The molecule has 3 rings (SSSR count). The van der Waals surface area contributed by atoms with E-state index in [4.69, 9.17) is 4.74 Å². The third-order valence-electron chi connectivity index (χ3n) is 7.04. The third kappa shape index (κ3) is 2.85. The van der Waals surface area contributed by atoms with Gasteiger partial charge in [-0.15, -0.1) is 0 Å². The van der Waals surface area contributed by atoms with Gasteiger partial charge in [0.05, 0.1) is 11.5 Å². The summed E-state index contributed by atoms with van der Waals surface area (Å²) in [6.45, 7) is 8.24. The highest BCUT2D eigenvalue weighted by Crippen LogP contribution is 2.66. The van der Waals surface area contributed by atoms with Crippen LogP contribution >= 0.6 is 0 Å². The van der Waals surface area contributed by atoms with E-state index in [1.54, 1.807) is 13.0 Å². The molecule has 0 unspecified atom stereocenters. The number of ether oxygens (including phenoxy) is 1. The van der Waals surface area contributed by atoms with Crippen molar-refractivity contribution in [1.82, 2.24) is 0 Å². The summed E-state index contributed by atoms with van der Waals surface area (Å²) in [5, 5.41) is 0. The Bertz CT molecular complexity index is 680. The molecule has 0 heterocycles. The summed E-state index contributed by atoms with van der Waals surface area (Å²) in [6.07, 6.45) is -1.53. The van der Waals surface area contributed by atoms with E-state index in [0.717, 1.165) is 31.4 Å². The maximum absolute atomic E-state index is 12.9. The van der Waals surface area contributed by atoms with Crippen molar-refractivity contribution in [2.45, 2.75) is 65.2 Å². The summed E-state index contributed by atoms with van der Waals surface area (Å²) in [6, 6.07) is 4.94. The predicted octanol–water partition coefficient (Wildman–Crippen LogP) is 5.57. The lowest BCUT2D eigenvalue weighted by atomic mass is 9.70. The average molecular weight is 354 g/mol. The molecule has 0 amide bonds. The van der Waals surface area contributed by atoms with Gasteiger partial charge < -0.3 is 4.74 Å². The Labute approximate surface area is 146 Å². The number of carbonyl (C=O) groups excluding carboxylic acids is 1. The number of hydrogen-bond donors (Lipinski definition) is 0. The molecule has 0 spiro atoms. The van der Waals surface area contributed by atoms with Crippen LogP contribution in [-0.2, 0) is 15.7 Å². The summed E-state index contributed by atoms with van der Waals surface area (Å²) in [4.78, 5) is 12.6. The van der Waals surface area contributed by atoms with Gasteiger partial charge in [-0.1, -0.05) is 39.0 Å². The second-order valence-corrected chi connectivity index (χ2v) is 8.38. The van der Waals surface area contributed by atoms with Crippen LogP contribution in [0.3, 0.4) is 0 Å². The van der Waals surface area contributed by atoms with Gasteiger partial charge in [-0.3, -0.25) is 4.79 Å². The molecule has 0 aliphatic heterocycles. The summed E-state index contributed by atoms with van der Waals surface area (Å²) in [5.74, 6) is -0.610. The van der Waals surface area contributed by atoms with Crippen LogP contribution in [0.1, 0.15) is 64.0 Å². The first-order valence-corrected chi connectivity index (χ1v) is 8.84. The first kappa shape index (κ1) is 18.3. The van der Waals surface area contributed by atoms with Gasteiger partial charge >= 0.3 is 12.1 Å². The van der Waals surface area contributed by atoms with Gasteiger partial charge in [0, 0.05) is 5.41 Å². The van der Waals surface area contributed by atoms with Crippen molar-refractivity contribution in [3.63, 3.8) is 0 Å². The number of hydrogen-bond acceptors (Lipinski definition) is 2. The summed E-state index contributed by atoms with van der Waals surface area (Å²) in [7, 11) is 0. The standard InChI is InChI=1S/C20H25F3O2/c1-12(13-6-5-7-15(10-13)20(21,22)23)17(24)25-16-11-14-8-9-19(16,4)18(14,2)3/h5-7,10,12,14,16H,8-9,11H2,1-4H3/t12-,14-,16-,19+/m0/s1. The van der Waals surface area contributed by atoms with E-state index in [9.17, 15) is 18.0 Å². The van der Waals surface area contributed by atoms with E-state index in [-0.39, 0.29) is 16.9 Å². The molecule has 1 aromatic carbocycles. The monoisotopic (exact) mass is 354 g/mol. The smallest absolute Gasteiger partial charge is 0.416 e. The van der Waals surface area contributed by atoms with Gasteiger partial charge in [0.15, 0.2) is 0 Å². The van der Waals surface area contributed by atoms with Crippen molar-refractivity contribution in [3.8, 4) is 0 Å². The molecule has 2 nitrogen and oxygen atoms in total. The highest BCUT2D eigenvalue weighted by atomic mass is 19.4. The van der Waals surface area contributed by atoms with Gasteiger partial charge in [-0.25, -0.2) is 0 Å². The average Bonchev–Trinajstić information content (AvgIpc) is 2.87. The van der Waals surface area contributed by atoms with Crippen LogP contribution in [0.25, 0.3) is 0 Å². The second kappa shape index (κ2) is 5.75. The first-order valence-electron chi connectivity index (χ1n) is 8.84. The maximum Gasteiger partial charge on any atom is 0.416 e. The van der Waals surface area contributed by atoms with E-state index in [1.807, 2.05) is 0 Å². The lowest BCUT2D eigenvalue weighted by Gasteiger charge is -2.38. The molecule has 2 aliphatic carbocycles. The molecule has 4 atom stereocenters. The molecule has 0 aromatic heterocycles. The highest BCUT2D eigenvalue weighted by Gasteiger charge is 2.62. The molecule has 2 aliphatic rings. The fourth-order valence-corrected chi connectivity index (χ4v) is 4.67. The van der Waals surface area contributed by atoms with Gasteiger partial charge in [0.1, 0.15) is 6.10 Å². The Morgan fingerprint density at radius 1 is 1.28 bits per heavy atom. The minimum absolute atomic E-state index is 0.0547. The van der Waals surface area contributed by atoms with Crippen LogP contribution in [-0.4, -0.2) is 12.1 Å². The molecule has 5 heteroatoms. The molecule has 2 bridgehead atoms. The lowest BCUT2D eigenvalue weighted by Crippen LogP contribution is -2.39. The molecule has 138 valence electrons. The zero-order chi connectivity index (χ0) is 18.6. The van der Waals surface area contributed by atoms with E-state index in [1.165, 1.54) is 6.07 Å². The van der Waals surface area contributed by atoms with E-state index >= 15 is 0 Å². The molecule has 0 N–H and O–H groups in total. The summed E-state index contributed by atoms with van der Waals surface area (Å²) < 4.78 is 44.4. The van der Waals surface area contributed by atoms with Crippen LogP contribution in [0.2, 0.25) is 0 Å². The molecule has 0 radical (unpaired) electrons. The topological polar surface area (TPSA) is 26.3 Å².